The first-order chi connectivity index (χ1) is 14.1. The summed E-state index contributed by atoms with van der Waals surface area (Å²) in [6.07, 6.45) is 2.26. The standard InChI is InChI=1S/C22H31N5O2/c1-3-27(4-2)13-20(28)23-15-9-10-18-16(12-15)22(29)26-21(25-18)19-11-14-7-5-6-8-17(14)24-19/h5-8,11,15-16,18,21,24-25H,3-4,9-10,12-13H2,1-2H3,(H,23,28)(H,26,29). The Kier molecular flexibility index (Phi) is 5.87. The van der Waals surface area contributed by atoms with Crippen LogP contribution in [-0.4, -0.2) is 53.4 Å². The first-order valence-electron chi connectivity index (χ1n) is 10.7. The number of hydrogen-bond donors (Lipinski definition) is 4. The summed E-state index contributed by atoms with van der Waals surface area (Å²) in [6.45, 7) is 6.26. The van der Waals surface area contributed by atoms with Crippen molar-refractivity contribution in [2.75, 3.05) is 19.6 Å². The van der Waals surface area contributed by atoms with Gasteiger partial charge in [0, 0.05) is 17.6 Å². The molecule has 7 heteroatoms. The molecule has 1 aromatic carbocycles. The van der Waals surface area contributed by atoms with E-state index < -0.39 is 0 Å². The number of hydrogen-bond acceptors (Lipinski definition) is 4. The molecule has 0 bridgehead atoms. The van der Waals surface area contributed by atoms with Gasteiger partial charge >= 0.3 is 0 Å². The molecule has 4 atom stereocenters. The number of aromatic nitrogens is 1. The smallest absolute Gasteiger partial charge is 0.234 e. The lowest BCUT2D eigenvalue weighted by Crippen LogP contribution is -2.60. The summed E-state index contributed by atoms with van der Waals surface area (Å²) < 4.78 is 0. The summed E-state index contributed by atoms with van der Waals surface area (Å²) in [5.74, 6) is 0.0144. The van der Waals surface area contributed by atoms with Gasteiger partial charge in [-0.1, -0.05) is 32.0 Å². The summed E-state index contributed by atoms with van der Waals surface area (Å²) in [5, 5.41) is 11.0. The molecule has 2 amide bonds. The largest absolute Gasteiger partial charge is 0.356 e. The number of amides is 2. The first kappa shape index (κ1) is 19.9. The molecule has 4 unspecified atom stereocenters. The fourth-order valence-electron chi connectivity index (χ4n) is 4.64. The number of likely N-dealkylation sites (N-methyl/N-ethyl adjacent to an activating group) is 1. The van der Waals surface area contributed by atoms with Gasteiger partial charge in [0.05, 0.1) is 18.2 Å². The Morgan fingerprint density at radius 3 is 2.76 bits per heavy atom. The maximum absolute atomic E-state index is 12.8. The third kappa shape index (κ3) is 4.31. The molecular weight excluding hydrogens is 366 g/mol. The molecule has 2 fully saturated rings. The number of benzene rings is 1. The van der Waals surface area contributed by atoms with Gasteiger partial charge in [-0.25, -0.2) is 0 Å². The minimum Gasteiger partial charge on any atom is -0.356 e. The van der Waals surface area contributed by atoms with Crippen molar-refractivity contribution in [3.63, 3.8) is 0 Å². The lowest BCUT2D eigenvalue weighted by Gasteiger charge is -2.42. The molecule has 2 aromatic rings. The fourth-order valence-corrected chi connectivity index (χ4v) is 4.64. The van der Waals surface area contributed by atoms with E-state index in [1.165, 1.54) is 0 Å². The van der Waals surface area contributed by atoms with Gasteiger partial charge < -0.3 is 15.6 Å². The van der Waals surface area contributed by atoms with Gasteiger partial charge in [0.15, 0.2) is 0 Å². The van der Waals surface area contributed by atoms with E-state index in [2.05, 4.69) is 51.8 Å². The number of carbonyl (C=O) groups is 2. The quantitative estimate of drug-likeness (QED) is 0.599. The Hall–Kier alpha value is -2.38. The summed E-state index contributed by atoms with van der Waals surface area (Å²) >= 11 is 0. The molecule has 1 saturated carbocycles. The normalized spacial score (nSPS) is 26.9. The molecule has 2 heterocycles. The van der Waals surface area contributed by atoms with Gasteiger partial charge in [-0.2, -0.15) is 0 Å². The average molecular weight is 398 g/mol. The Morgan fingerprint density at radius 2 is 2.00 bits per heavy atom. The van der Waals surface area contributed by atoms with Crippen LogP contribution in [0.3, 0.4) is 0 Å². The molecule has 1 saturated heterocycles. The molecule has 7 nitrogen and oxygen atoms in total. The third-order valence-electron chi connectivity index (χ3n) is 6.34. The molecule has 0 radical (unpaired) electrons. The van der Waals surface area contributed by atoms with Crippen LogP contribution < -0.4 is 16.0 Å². The maximum atomic E-state index is 12.8. The second kappa shape index (κ2) is 8.55. The predicted octanol–water partition coefficient (Wildman–Crippen LogP) is 1.88. The number of rotatable bonds is 6. The van der Waals surface area contributed by atoms with Crippen molar-refractivity contribution in [3.8, 4) is 0 Å². The number of para-hydroxylation sites is 1. The van der Waals surface area contributed by atoms with Gasteiger partial charge in [-0.05, 0) is 49.9 Å². The summed E-state index contributed by atoms with van der Waals surface area (Å²) in [7, 11) is 0. The summed E-state index contributed by atoms with van der Waals surface area (Å²) in [5.41, 5.74) is 2.05. The van der Waals surface area contributed by atoms with Crippen molar-refractivity contribution in [2.24, 2.45) is 5.92 Å². The molecule has 2 aliphatic rings. The number of aromatic amines is 1. The van der Waals surface area contributed by atoms with Crippen molar-refractivity contribution >= 4 is 22.7 Å². The molecule has 1 aliphatic heterocycles. The molecule has 29 heavy (non-hydrogen) atoms. The highest BCUT2D eigenvalue weighted by atomic mass is 16.2. The van der Waals surface area contributed by atoms with E-state index in [1.807, 2.05) is 18.2 Å². The van der Waals surface area contributed by atoms with Crippen molar-refractivity contribution in [1.82, 2.24) is 25.8 Å². The molecule has 1 aromatic heterocycles. The van der Waals surface area contributed by atoms with Crippen molar-refractivity contribution in [2.45, 2.75) is 51.4 Å². The highest BCUT2D eigenvalue weighted by molar-refractivity contribution is 5.83. The highest BCUT2D eigenvalue weighted by Crippen LogP contribution is 2.31. The minimum absolute atomic E-state index is 0.0530. The van der Waals surface area contributed by atoms with Crippen LogP contribution in [0.1, 0.15) is 45.0 Å². The van der Waals surface area contributed by atoms with E-state index in [0.29, 0.717) is 13.0 Å². The predicted molar refractivity (Wildman–Crippen MR) is 113 cm³/mol. The van der Waals surface area contributed by atoms with Gasteiger partial charge in [-0.15, -0.1) is 0 Å². The van der Waals surface area contributed by atoms with Gasteiger partial charge in [0.25, 0.3) is 0 Å². The number of H-pyrrole nitrogens is 1. The Balaban J connectivity index is 1.37. The van der Waals surface area contributed by atoms with Crippen molar-refractivity contribution in [1.29, 1.82) is 0 Å². The number of nitrogens with one attached hydrogen (secondary N) is 4. The van der Waals surface area contributed by atoms with E-state index in [1.54, 1.807) is 0 Å². The van der Waals surface area contributed by atoms with Crippen LogP contribution in [0.2, 0.25) is 0 Å². The van der Waals surface area contributed by atoms with Gasteiger partial charge in [0.2, 0.25) is 11.8 Å². The van der Waals surface area contributed by atoms with E-state index in [4.69, 9.17) is 0 Å². The number of nitrogens with zero attached hydrogens (tertiary/aromatic N) is 1. The van der Waals surface area contributed by atoms with Crippen LogP contribution in [0, 0.1) is 5.92 Å². The molecular formula is C22H31N5O2. The van der Waals surface area contributed by atoms with Crippen molar-refractivity contribution in [3.05, 3.63) is 36.0 Å². The van der Waals surface area contributed by atoms with Gasteiger partial charge in [-0.3, -0.25) is 19.8 Å². The average Bonchev–Trinajstić information content (AvgIpc) is 3.16. The molecule has 4 rings (SSSR count). The van der Waals surface area contributed by atoms with E-state index in [-0.39, 0.29) is 36.0 Å². The van der Waals surface area contributed by atoms with E-state index in [9.17, 15) is 9.59 Å². The topological polar surface area (TPSA) is 89.3 Å². The zero-order chi connectivity index (χ0) is 20.4. The Bertz CT molecular complexity index is 842. The second-order valence-electron chi connectivity index (χ2n) is 8.17. The first-order valence-corrected chi connectivity index (χ1v) is 10.7. The SMILES string of the molecule is CCN(CC)CC(=O)NC1CCC2NC(c3cc4ccccc4[nH]3)NC(=O)C2C1. The second-order valence-corrected chi connectivity index (χ2v) is 8.17. The third-order valence-corrected chi connectivity index (χ3v) is 6.34. The molecule has 156 valence electrons. The monoisotopic (exact) mass is 397 g/mol. The lowest BCUT2D eigenvalue weighted by atomic mass is 9.79. The van der Waals surface area contributed by atoms with Gasteiger partial charge in [0.1, 0.15) is 6.17 Å². The Labute approximate surface area is 171 Å². The van der Waals surface area contributed by atoms with E-state index in [0.717, 1.165) is 42.5 Å². The molecule has 0 spiro atoms. The van der Waals surface area contributed by atoms with Crippen LogP contribution in [0.4, 0.5) is 0 Å². The van der Waals surface area contributed by atoms with Crippen LogP contribution in [0.25, 0.3) is 10.9 Å². The van der Waals surface area contributed by atoms with Crippen LogP contribution in [0.5, 0.6) is 0 Å². The van der Waals surface area contributed by atoms with Crippen LogP contribution in [0.15, 0.2) is 30.3 Å². The number of carbonyl (C=O) groups excluding carboxylic acids is 2. The van der Waals surface area contributed by atoms with Crippen LogP contribution >= 0.6 is 0 Å². The number of fused-ring (bicyclic) bond motifs is 2. The lowest BCUT2D eigenvalue weighted by molar-refractivity contribution is -0.132. The summed E-state index contributed by atoms with van der Waals surface area (Å²) in [6, 6.07) is 10.4. The molecule has 4 N–H and O–H groups in total. The Morgan fingerprint density at radius 1 is 1.21 bits per heavy atom. The highest BCUT2D eigenvalue weighted by Gasteiger charge is 2.41. The zero-order valence-electron chi connectivity index (χ0n) is 17.2. The van der Waals surface area contributed by atoms with Crippen molar-refractivity contribution < 1.29 is 9.59 Å². The minimum atomic E-state index is -0.204. The van der Waals surface area contributed by atoms with Crippen LogP contribution in [-0.2, 0) is 9.59 Å². The zero-order valence-corrected chi connectivity index (χ0v) is 17.2. The molecule has 1 aliphatic carbocycles. The summed E-state index contributed by atoms with van der Waals surface area (Å²) in [4.78, 5) is 30.7. The van der Waals surface area contributed by atoms with E-state index >= 15 is 0 Å². The maximum Gasteiger partial charge on any atom is 0.234 e. The fraction of sp³-hybridized carbons (Fsp3) is 0.545.